The van der Waals surface area contributed by atoms with Gasteiger partial charge in [-0.05, 0) is 5.56 Å². The van der Waals surface area contributed by atoms with Crippen LogP contribution >= 0.6 is 0 Å². The molecular weight excluding hydrogens is 212 g/mol. The van der Waals surface area contributed by atoms with Gasteiger partial charge in [0.1, 0.15) is 0 Å². The fourth-order valence-electron chi connectivity index (χ4n) is 0.978. The van der Waals surface area contributed by atoms with Crippen molar-refractivity contribution in [3.8, 4) is 0 Å². The SMILES string of the molecule is O=C(O)CONC(=O)NCc1ccccc1. The number of carboxylic acids is 1. The highest BCUT2D eigenvalue weighted by atomic mass is 16.7. The Balaban J connectivity index is 2.18. The molecule has 0 aliphatic carbocycles. The summed E-state index contributed by atoms with van der Waals surface area (Å²) in [6, 6.07) is 8.73. The Bertz CT molecular complexity index is 353. The van der Waals surface area contributed by atoms with Gasteiger partial charge in [-0.15, -0.1) is 0 Å². The van der Waals surface area contributed by atoms with Crippen molar-refractivity contribution >= 4 is 12.0 Å². The molecule has 3 N–H and O–H groups in total. The van der Waals surface area contributed by atoms with Crippen molar-refractivity contribution in [2.75, 3.05) is 6.61 Å². The van der Waals surface area contributed by atoms with Gasteiger partial charge in [-0.25, -0.2) is 15.1 Å². The second-order valence-electron chi connectivity index (χ2n) is 2.95. The molecule has 0 aliphatic heterocycles. The topological polar surface area (TPSA) is 87.7 Å². The fraction of sp³-hybridized carbons (Fsp3) is 0.200. The van der Waals surface area contributed by atoms with E-state index in [4.69, 9.17) is 5.11 Å². The number of aliphatic carboxylic acids is 1. The van der Waals surface area contributed by atoms with Crippen LogP contribution in [0.3, 0.4) is 0 Å². The third-order valence-electron chi connectivity index (χ3n) is 1.66. The third-order valence-corrected chi connectivity index (χ3v) is 1.66. The lowest BCUT2D eigenvalue weighted by atomic mass is 10.2. The average Bonchev–Trinajstić information content (AvgIpc) is 2.27. The van der Waals surface area contributed by atoms with E-state index in [1.807, 2.05) is 35.8 Å². The molecule has 86 valence electrons. The minimum atomic E-state index is -1.15. The number of rotatable bonds is 5. The van der Waals surface area contributed by atoms with Crippen LogP contribution in [0.1, 0.15) is 5.56 Å². The number of carboxylic acid groups (broad SMARTS) is 1. The summed E-state index contributed by atoms with van der Waals surface area (Å²) in [6.07, 6.45) is 0. The summed E-state index contributed by atoms with van der Waals surface area (Å²) in [7, 11) is 0. The molecule has 1 aromatic rings. The summed E-state index contributed by atoms with van der Waals surface area (Å²) in [5.41, 5.74) is 2.89. The van der Waals surface area contributed by atoms with E-state index < -0.39 is 18.6 Å². The number of amides is 2. The van der Waals surface area contributed by atoms with E-state index in [1.165, 1.54) is 0 Å². The maximum atomic E-state index is 11.1. The first-order valence-electron chi connectivity index (χ1n) is 4.60. The van der Waals surface area contributed by atoms with Gasteiger partial charge < -0.3 is 10.4 Å². The molecule has 0 radical (unpaired) electrons. The average molecular weight is 224 g/mol. The predicted molar refractivity (Wildman–Crippen MR) is 55.4 cm³/mol. The van der Waals surface area contributed by atoms with Gasteiger partial charge in [0.15, 0.2) is 6.61 Å². The Morgan fingerprint density at radius 3 is 2.56 bits per heavy atom. The molecule has 16 heavy (non-hydrogen) atoms. The largest absolute Gasteiger partial charge is 0.479 e. The summed E-state index contributed by atoms with van der Waals surface area (Å²) in [6.45, 7) is -0.220. The van der Waals surface area contributed by atoms with Gasteiger partial charge in [0, 0.05) is 6.54 Å². The standard InChI is InChI=1S/C10H12N2O4/c13-9(14)7-16-12-10(15)11-6-8-4-2-1-3-5-8/h1-5H,6-7H2,(H,13,14)(H2,11,12,15). The normalized spacial score (nSPS) is 9.50. The molecule has 6 heteroatoms. The first-order chi connectivity index (χ1) is 7.68. The van der Waals surface area contributed by atoms with Gasteiger partial charge >= 0.3 is 12.0 Å². The van der Waals surface area contributed by atoms with Crippen molar-refractivity contribution in [3.05, 3.63) is 35.9 Å². The molecule has 1 rings (SSSR count). The molecule has 6 nitrogen and oxygen atoms in total. The summed E-state index contributed by atoms with van der Waals surface area (Å²) in [5.74, 6) is -1.15. The molecule has 0 saturated heterocycles. The van der Waals surface area contributed by atoms with Crippen LogP contribution in [0, 0.1) is 0 Å². The van der Waals surface area contributed by atoms with Crippen molar-refractivity contribution in [2.45, 2.75) is 6.54 Å². The minimum Gasteiger partial charge on any atom is -0.479 e. The van der Waals surface area contributed by atoms with Gasteiger partial charge in [-0.1, -0.05) is 30.3 Å². The number of urea groups is 1. The second kappa shape index (κ2) is 6.41. The van der Waals surface area contributed by atoms with Crippen LogP contribution in [0.4, 0.5) is 4.79 Å². The third kappa shape index (κ3) is 4.97. The number of hydrogen-bond acceptors (Lipinski definition) is 3. The Labute approximate surface area is 92.2 Å². The lowest BCUT2D eigenvalue weighted by Gasteiger charge is -2.06. The Morgan fingerprint density at radius 1 is 1.25 bits per heavy atom. The molecular formula is C10H12N2O4. The molecule has 0 heterocycles. The molecule has 0 bridgehead atoms. The predicted octanol–water partition coefficient (Wildman–Crippen LogP) is 0.502. The number of carbonyl (C=O) groups excluding carboxylic acids is 1. The molecule has 0 unspecified atom stereocenters. The van der Waals surface area contributed by atoms with Crippen molar-refractivity contribution < 1.29 is 19.5 Å². The summed E-state index contributed by atoms with van der Waals surface area (Å²) in [4.78, 5) is 25.5. The van der Waals surface area contributed by atoms with Crippen LogP contribution in [0.5, 0.6) is 0 Å². The fourth-order valence-corrected chi connectivity index (χ4v) is 0.978. The summed E-state index contributed by atoms with van der Waals surface area (Å²) < 4.78 is 0. The van der Waals surface area contributed by atoms with Crippen molar-refractivity contribution in [3.63, 3.8) is 0 Å². The minimum absolute atomic E-state index is 0.350. The summed E-state index contributed by atoms with van der Waals surface area (Å²) >= 11 is 0. The van der Waals surface area contributed by atoms with Gasteiger partial charge in [0.05, 0.1) is 0 Å². The van der Waals surface area contributed by atoms with E-state index in [9.17, 15) is 9.59 Å². The smallest absolute Gasteiger partial charge is 0.338 e. The van der Waals surface area contributed by atoms with Crippen molar-refractivity contribution in [1.29, 1.82) is 0 Å². The highest BCUT2D eigenvalue weighted by molar-refractivity contribution is 5.73. The number of hydroxylamine groups is 1. The van der Waals surface area contributed by atoms with E-state index in [2.05, 4.69) is 10.2 Å². The van der Waals surface area contributed by atoms with Crippen LogP contribution in [-0.4, -0.2) is 23.7 Å². The molecule has 0 aliphatic rings. The molecule has 1 aromatic carbocycles. The Kier molecular flexibility index (Phi) is 4.81. The maximum absolute atomic E-state index is 11.1. The lowest BCUT2D eigenvalue weighted by molar-refractivity contribution is -0.144. The highest BCUT2D eigenvalue weighted by Crippen LogP contribution is 1.96. The Morgan fingerprint density at radius 2 is 1.94 bits per heavy atom. The lowest BCUT2D eigenvalue weighted by Crippen LogP contribution is -2.36. The monoisotopic (exact) mass is 224 g/mol. The van der Waals surface area contributed by atoms with Crippen LogP contribution in [0.15, 0.2) is 30.3 Å². The van der Waals surface area contributed by atoms with Crippen LogP contribution in [0.2, 0.25) is 0 Å². The Hall–Kier alpha value is -2.08. The maximum Gasteiger partial charge on any atom is 0.338 e. The zero-order valence-electron chi connectivity index (χ0n) is 8.47. The summed E-state index contributed by atoms with van der Waals surface area (Å²) in [5, 5.41) is 10.7. The molecule has 0 saturated carbocycles. The first kappa shape index (κ1) is 12.0. The quantitative estimate of drug-likeness (QED) is 0.635. The van der Waals surface area contributed by atoms with Crippen molar-refractivity contribution in [2.24, 2.45) is 0 Å². The van der Waals surface area contributed by atoms with Gasteiger partial charge in [-0.3, -0.25) is 4.84 Å². The van der Waals surface area contributed by atoms with E-state index >= 15 is 0 Å². The van der Waals surface area contributed by atoms with Gasteiger partial charge in [-0.2, -0.15) is 0 Å². The van der Waals surface area contributed by atoms with E-state index in [0.717, 1.165) is 5.56 Å². The van der Waals surface area contributed by atoms with Crippen molar-refractivity contribution in [1.82, 2.24) is 10.8 Å². The highest BCUT2D eigenvalue weighted by Gasteiger charge is 2.01. The number of benzene rings is 1. The molecule has 0 fully saturated rings. The molecule has 0 aromatic heterocycles. The molecule has 2 amide bonds. The van der Waals surface area contributed by atoms with E-state index in [0.29, 0.717) is 6.54 Å². The van der Waals surface area contributed by atoms with E-state index in [-0.39, 0.29) is 0 Å². The number of hydrogen-bond donors (Lipinski definition) is 3. The first-order valence-corrected chi connectivity index (χ1v) is 4.60. The molecule has 0 atom stereocenters. The van der Waals surface area contributed by atoms with Crippen LogP contribution < -0.4 is 10.8 Å². The zero-order valence-corrected chi connectivity index (χ0v) is 8.47. The second-order valence-corrected chi connectivity index (χ2v) is 2.95. The van der Waals surface area contributed by atoms with Gasteiger partial charge in [0.25, 0.3) is 0 Å². The number of carbonyl (C=O) groups is 2. The van der Waals surface area contributed by atoms with Crippen LogP contribution in [-0.2, 0) is 16.2 Å². The number of nitrogens with one attached hydrogen (secondary N) is 2. The zero-order chi connectivity index (χ0) is 11.8. The van der Waals surface area contributed by atoms with E-state index in [1.54, 1.807) is 0 Å². The van der Waals surface area contributed by atoms with Crippen LogP contribution in [0.25, 0.3) is 0 Å². The van der Waals surface area contributed by atoms with Gasteiger partial charge in [0.2, 0.25) is 0 Å². The molecule has 0 spiro atoms.